The van der Waals surface area contributed by atoms with E-state index in [1.807, 2.05) is 19.1 Å². The van der Waals surface area contributed by atoms with Crippen LogP contribution in [0.2, 0.25) is 0 Å². The molecule has 0 aliphatic carbocycles. The average Bonchev–Trinajstić information content (AvgIpc) is 2.38. The van der Waals surface area contributed by atoms with Crippen molar-refractivity contribution in [2.75, 3.05) is 0 Å². The molecule has 0 aromatic heterocycles. The molecule has 0 aliphatic heterocycles. The van der Waals surface area contributed by atoms with E-state index < -0.39 is 0 Å². The van der Waals surface area contributed by atoms with Crippen molar-refractivity contribution < 1.29 is 4.79 Å². The Labute approximate surface area is 112 Å². The van der Waals surface area contributed by atoms with Crippen LogP contribution in [0.1, 0.15) is 69.8 Å². The van der Waals surface area contributed by atoms with Crippen LogP contribution in [-0.4, -0.2) is 5.78 Å². The van der Waals surface area contributed by atoms with Crippen molar-refractivity contribution in [3.63, 3.8) is 0 Å². The van der Waals surface area contributed by atoms with E-state index in [9.17, 15) is 4.79 Å². The molecule has 0 fully saturated rings. The van der Waals surface area contributed by atoms with Crippen LogP contribution in [0, 0.1) is 5.92 Å². The quantitative estimate of drug-likeness (QED) is 0.646. The van der Waals surface area contributed by atoms with Crippen LogP contribution in [0.4, 0.5) is 0 Å². The molecule has 18 heavy (non-hydrogen) atoms. The fourth-order valence-electron chi connectivity index (χ4n) is 2.14. The molecular formula is C17H26O. The van der Waals surface area contributed by atoms with Gasteiger partial charge in [-0.15, -0.1) is 0 Å². The van der Waals surface area contributed by atoms with E-state index in [0.29, 0.717) is 0 Å². The Morgan fingerprint density at radius 3 is 2.17 bits per heavy atom. The molecular weight excluding hydrogens is 220 g/mol. The maximum Gasteiger partial charge on any atom is 0.165 e. The zero-order chi connectivity index (χ0) is 13.8. The second-order valence-electron chi connectivity index (χ2n) is 5.87. The van der Waals surface area contributed by atoms with Gasteiger partial charge in [-0.05, 0) is 23.8 Å². The van der Waals surface area contributed by atoms with Gasteiger partial charge in [0.15, 0.2) is 5.78 Å². The minimum atomic E-state index is 0.139. The van der Waals surface area contributed by atoms with E-state index in [2.05, 4.69) is 39.8 Å². The molecule has 0 saturated carbocycles. The molecule has 0 amide bonds. The van der Waals surface area contributed by atoms with Gasteiger partial charge in [-0.3, -0.25) is 4.79 Å². The summed E-state index contributed by atoms with van der Waals surface area (Å²) in [5.41, 5.74) is 2.35. The number of carbonyl (C=O) groups excluding carboxylic acids is 1. The molecule has 100 valence electrons. The Morgan fingerprint density at radius 1 is 1.17 bits per heavy atom. The number of Topliss-reactive ketones (excluding diaryl/α,β-unsaturated/α-hetero) is 1. The first-order chi connectivity index (χ1) is 8.42. The smallest absolute Gasteiger partial charge is 0.165 e. The van der Waals surface area contributed by atoms with Crippen molar-refractivity contribution in [3.05, 3.63) is 35.4 Å². The number of rotatable bonds is 6. The predicted molar refractivity (Wildman–Crippen MR) is 78.2 cm³/mol. The summed E-state index contributed by atoms with van der Waals surface area (Å²) in [6.07, 6.45) is 3.14. The first kappa shape index (κ1) is 14.9. The largest absolute Gasteiger partial charge is 0.294 e. The van der Waals surface area contributed by atoms with Gasteiger partial charge in [0, 0.05) is 11.5 Å². The summed E-state index contributed by atoms with van der Waals surface area (Å²) in [5.74, 6) is 0.415. The van der Waals surface area contributed by atoms with Gasteiger partial charge in [-0.2, -0.15) is 0 Å². The lowest BCUT2D eigenvalue weighted by molar-refractivity contribution is 0.0923. The van der Waals surface area contributed by atoms with Gasteiger partial charge in [-0.1, -0.05) is 65.3 Å². The zero-order valence-corrected chi connectivity index (χ0v) is 12.4. The molecule has 0 saturated heterocycles. The Morgan fingerprint density at radius 2 is 1.72 bits per heavy atom. The van der Waals surface area contributed by atoms with Gasteiger partial charge in [-0.25, -0.2) is 0 Å². The Bertz CT molecular complexity index is 387. The standard InChI is InChI=1S/C17H26O/c1-6-8-13(3)16(18)14-9-11-15(12-10-14)17(4,5)7-2/h9-13H,6-8H2,1-5H3. The van der Waals surface area contributed by atoms with Crippen LogP contribution in [-0.2, 0) is 5.41 Å². The fourth-order valence-corrected chi connectivity index (χ4v) is 2.14. The third-order valence-corrected chi connectivity index (χ3v) is 4.00. The SMILES string of the molecule is CCCC(C)C(=O)c1ccc(C(C)(C)CC)cc1. The van der Waals surface area contributed by atoms with Gasteiger partial charge >= 0.3 is 0 Å². The van der Waals surface area contributed by atoms with Crippen LogP contribution < -0.4 is 0 Å². The zero-order valence-electron chi connectivity index (χ0n) is 12.4. The maximum atomic E-state index is 12.2. The highest BCUT2D eigenvalue weighted by Gasteiger charge is 2.19. The van der Waals surface area contributed by atoms with Crippen LogP contribution in [0.15, 0.2) is 24.3 Å². The highest BCUT2D eigenvalue weighted by Crippen LogP contribution is 2.27. The van der Waals surface area contributed by atoms with Crippen LogP contribution >= 0.6 is 0 Å². The number of hydrogen-bond donors (Lipinski definition) is 0. The molecule has 0 N–H and O–H groups in total. The van der Waals surface area contributed by atoms with Gasteiger partial charge < -0.3 is 0 Å². The lowest BCUT2D eigenvalue weighted by atomic mass is 9.81. The molecule has 1 rings (SSSR count). The number of benzene rings is 1. The third kappa shape index (κ3) is 3.44. The molecule has 1 heteroatoms. The first-order valence-electron chi connectivity index (χ1n) is 7.07. The molecule has 1 aromatic carbocycles. The second-order valence-corrected chi connectivity index (χ2v) is 5.87. The second kappa shape index (κ2) is 6.17. The molecule has 1 atom stereocenters. The van der Waals surface area contributed by atoms with E-state index in [-0.39, 0.29) is 17.1 Å². The fraction of sp³-hybridized carbons (Fsp3) is 0.588. The summed E-state index contributed by atoms with van der Waals surface area (Å²) >= 11 is 0. The molecule has 0 aliphatic rings. The van der Waals surface area contributed by atoms with Crippen molar-refractivity contribution in [2.45, 2.75) is 59.3 Å². The number of carbonyl (C=O) groups is 1. The highest BCUT2D eigenvalue weighted by molar-refractivity contribution is 5.97. The highest BCUT2D eigenvalue weighted by atomic mass is 16.1. The molecule has 1 unspecified atom stereocenters. The number of ketones is 1. The molecule has 1 nitrogen and oxygen atoms in total. The van der Waals surface area contributed by atoms with Crippen LogP contribution in [0.25, 0.3) is 0 Å². The minimum Gasteiger partial charge on any atom is -0.294 e. The molecule has 0 heterocycles. The van der Waals surface area contributed by atoms with Crippen molar-refractivity contribution >= 4 is 5.78 Å². The van der Waals surface area contributed by atoms with Crippen molar-refractivity contribution in [3.8, 4) is 0 Å². The summed E-state index contributed by atoms with van der Waals surface area (Å²) in [7, 11) is 0. The summed E-state index contributed by atoms with van der Waals surface area (Å²) in [6.45, 7) is 10.8. The maximum absolute atomic E-state index is 12.2. The van der Waals surface area contributed by atoms with Crippen LogP contribution in [0.3, 0.4) is 0 Å². The normalized spacial score (nSPS) is 13.4. The predicted octanol–water partition coefficient (Wildman–Crippen LogP) is 4.99. The number of hydrogen-bond acceptors (Lipinski definition) is 1. The summed E-state index contributed by atoms with van der Waals surface area (Å²) < 4.78 is 0. The van der Waals surface area contributed by atoms with Gasteiger partial charge in [0.25, 0.3) is 0 Å². The Balaban J connectivity index is 2.86. The van der Waals surface area contributed by atoms with Gasteiger partial charge in [0.2, 0.25) is 0 Å². The Kier molecular flexibility index (Phi) is 5.13. The molecule has 1 aromatic rings. The molecule has 0 bridgehead atoms. The minimum absolute atomic E-state index is 0.139. The monoisotopic (exact) mass is 246 g/mol. The lowest BCUT2D eigenvalue weighted by Gasteiger charge is -2.23. The van der Waals surface area contributed by atoms with Gasteiger partial charge in [0.05, 0.1) is 0 Å². The van der Waals surface area contributed by atoms with E-state index >= 15 is 0 Å². The first-order valence-corrected chi connectivity index (χ1v) is 7.07. The van der Waals surface area contributed by atoms with Gasteiger partial charge in [0.1, 0.15) is 0 Å². The average molecular weight is 246 g/mol. The third-order valence-electron chi connectivity index (χ3n) is 4.00. The summed E-state index contributed by atoms with van der Waals surface area (Å²) in [5, 5.41) is 0. The topological polar surface area (TPSA) is 17.1 Å². The van der Waals surface area contributed by atoms with E-state index in [0.717, 1.165) is 24.8 Å². The summed E-state index contributed by atoms with van der Waals surface area (Å²) in [4.78, 5) is 12.2. The van der Waals surface area contributed by atoms with E-state index in [4.69, 9.17) is 0 Å². The van der Waals surface area contributed by atoms with Crippen LogP contribution in [0.5, 0.6) is 0 Å². The van der Waals surface area contributed by atoms with Crippen molar-refractivity contribution in [2.24, 2.45) is 5.92 Å². The molecule has 0 spiro atoms. The van der Waals surface area contributed by atoms with E-state index in [1.165, 1.54) is 5.56 Å². The van der Waals surface area contributed by atoms with E-state index in [1.54, 1.807) is 0 Å². The van der Waals surface area contributed by atoms with Crippen molar-refractivity contribution in [1.82, 2.24) is 0 Å². The molecule has 0 radical (unpaired) electrons. The Hall–Kier alpha value is -1.11. The lowest BCUT2D eigenvalue weighted by Crippen LogP contribution is -2.16. The summed E-state index contributed by atoms with van der Waals surface area (Å²) in [6, 6.07) is 8.19. The van der Waals surface area contributed by atoms with Crippen molar-refractivity contribution in [1.29, 1.82) is 0 Å².